The number of ether oxygens (including phenoxy) is 1. The second kappa shape index (κ2) is 6.10. The van der Waals surface area contributed by atoms with Gasteiger partial charge in [0.05, 0.1) is 4.88 Å². The number of benzene rings is 1. The number of hydrogen-bond acceptors (Lipinski definition) is 7. The Morgan fingerprint density at radius 1 is 1.30 bits per heavy atom. The molecule has 1 aliphatic rings. The highest BCUT2D eigenvalue weighted by atomic mass is 79.9. The molecule has 0 unspecified atom stereocenters. The van der Waals surface area contributed by atoms with Crippen molar-refractivity contribution >= 4 is 44.7 Å². The van der Waals surface area contributed by atoms with E-state index in [1.807, 2.05) is 42.0 Å². The molecule has 8 heteroatoms. The van der Waals surface area contributed by atoms with Crippen molar-refractivity contribution in [2.24, 2.45) is 0 Å². The molecule has 0 fully saturated rings. The number of hydrogen-bond donors (Lipinski definition) is 1. The van der Waals surface area contributed by atoms with Crippen molar-refractivity contribution < 1.29 is 4.74 Å². The molecule has 116 valence electrons. The van der Waals surface area contributed by atoms with Crippen LogP contribution in [0.15, 0.2) is 45.3 Å². The number of aromatic nitrogens is 3. The molecule has 2 aromatic heterocycles. The molecule has 4 rings (SSSR count). The van der Waals surface area contributed by atoms with E-state index in [9.17, 15) is 0 Å². The molecule has 0 spiro atoms. The van der Waals surface area contributed by atoms with E-state index in [0.717, 1.165) is 20.6 Å². The van der Waals surface area contributed by atoms with Gasteiger partial charge < -0.3 is 10.1 Å². The summed E-state index contributed by atoms with van der Waals surface area (Å²) in [4.78, 5) is 5.58. The highest BCUT2D eigenvalue weighted by molar-refractivity contribution is 9.10. The van der Waals surface area contributed by atoms with Crippen LogP contribution in [-0.2, 0) is 0 Å². The first-order valence-corrected chi connectivity index (χ1v) is 9.69. The molecule has 0 radical (unpaired) electrons. The van der Waals surface area contributed by atoms with E-state index in [0.29, 0.717) is 16.7 Å². The van der Waals surface area contributed by atoms with Gasteiger partial charge in [0.25, 0.3) is 0 Å². The molecule has 5 nitrogen and oxygen atoms in total. The van der Waals surface area contributed by atoms with Crippen molar-refractivity contribution in [3.63, 3.8) is 0 Å². The summed E-state index contributed by atoms with van der Waals surface area (Å²) in [5, 5.41) is 14.5. The Labute approximate surface area is 149 Å². The zero-order valence-electron chi connectivity index (χ0n) is 12.0. The molecule has 3 heterocycles. The number of nitrogens with zero attached hydrogens (tertiary/aromatic N) is 3. The van der Waals surface area contributed by atoms with Crippen molar-refractivity contribution in [2.75, 3.05) is 11.6 Å². The van der Waals surface area contributed by atoms with E-state index in [1.165, 1.54) is 11.8 Å². The topological polar surface area (TPSA) is 59.9 Å². The third-order valence-electron chi connectivity index (χ3n) is 3.37. The molecule has 0 amide bonds. The lowest BCUT2D eigenvalue weighted by atomic mass is 10.1. The summed E-state index contributed by atoms with van der Waals surface area (Å²) < 4.78 is 7.09. The number of fused-ring (bicyclic) bond motifs is 3. The van der Waals surface area contributed by atoms with Gasteiger partial charge in [0, 0.05) is 15.7 Å². The monoisotopic (exact) mass is 406 g/mol. The van der Waals surface area contributed by atoms with Crippen molar-refractivity contribution in [1.29, 1.82) is 0 Å². The van der Waals surface area contributed by atoms with Crippen LogP contribution in [0.2, 0.25) is 0 Å². The van der Waals surface area contributed by atoms with Crippen LogP contribution in [-0.4, -0.2) is 21.4 Å². The fraction of sp³-hybridized carbons (Fsp3) is 0.133. The molecule has 1 atom stereocenters. The van der Waals surface area contributed by atoms with Gasteiger partial charge in [0.2, 0.25) is 17.3 Å². The molecular weight excluding hydrogens is 396 g/mol. The average molecular weight is 407 g/mol. The molecule has 1 aliphatic heterocycles. The van der Waals surface area contributed by atoms with E-state index in [1.54, 1.807) is 11.3 Å². The van der Waals surface area contributed by atoms with Crippen LogP contribution < -0.4 is 10.1 Å². The van der Waals surface area contributed by atoms with Gasteiger partial charge >= 0.3 is 0 Å². The fourth-order valence-electron chi connectivity index (χ4n) is 2.33. The standard InChI is InChI=1S/C15H11BrN4OS2/c1-22-15-18-14-12(19-20-15)9-7-8(16)4-5-10(9)17-13(21-14)11-3-2-6-23-11/h2-7,13,17H,1H3/t13-/m0/s1. The summed E-state index contributed by atoms with van der Waals surface area (Å²) in [6.07, 6.45) is 1.61. The minimum Gasteiger partial charge on any atom is -0.447 e. The smallest absolute Gasteiger partial charge is 0.247 e. The quantitative estimate of drug-likeness (QED) is 0.628. The second-order valence-electron chi connectivity index (χ2n) is 4.80. The SMILES string of the molecule is CSc1nnc2c(n1)O[C@@H](c1cccs1)Nc1ccc(Br)cc1-2. The summed E-state index contributed by atoms with van der Waals surface area (Å²) in [6, 6.07) is 10.0. The predicted molar refractivity (Wildman–Crippen MR) is 96.1 cm³/mol. The summed E-state index contributed by atoms with van der Waals surface area (Å²) in [5.74, 6) is 0.493. The number of rotatable bonds is 2. The predicted octanol–water partition coefficient (Wildman–Crippen LogP) is 4.59. The number of thiophene rings is 1. The zero-order chi connectivity index (χ0) is 15.8. The molecule has 0 aliphatic carbocycles. The van der Waals surface area contributed by atoms with Gasteiger partial charge in [0.15, 0.2) is 5.69 Å². The van der Waals surface area contributed by atoms with E-state index in [4.69, 9.17) is 4.74 Å². The fourth-order valence-corrected chi connectivity index (χ4v) is 3.69. The Hall–Kier alpha value is -1.64. The maximum Gasteiger partial charge on any atom is 0.247 e. The second-order valence-corrected chi connectivity index (χ2v) is 7.47. The van der Waals surface area contributed by atoms with Gasteiger partial charge in [-0.1, -0.05) is 33.8 Å². The Morgan fingerprint density at radius 3 is 3.00 bits per heavy atom. The summed E-state index contributed by atoms with van der Waals surface area (Å²) in [7, 11) is 0. The lowest BCUT2D eigenvalue weighted by Crippen LogP contribution is -2.15. The minimum absolute atomic E-state index is 0.303. The van der Waals surface area contributed by atoms with Gasteiger partial charge in [0.1, 0.15) is 0 Å². The van der Waals surface area contributed by atoms with Gasteiger partial charge in [-0.25, -0.2) is 0 Å². The van der Waals surface area contributed by atoms with Crippen molar-refractivity contribution in [1.82, 2.24) is 15.2 Å². The number of thioether (sulfide) groups is 1. The Bertz CT molecular complexity index is 857. The van der Waals surface area contributed by atoms with Crippen LogP contribution in [0.5, 0.6) is 5.88 Å². The van der Waals surface area contributed by atoms with E-state index in [2.05, 4.69) is 36.4 Å². The molecule has 1 N–H and O–H groups in total. The highest BCUT2D eigenvalue weighted by Crippen LogP contribution is 2.41. The average Bonchev–Trinajstić information content (AvgIpc) is 3.05. The maximum atomic E-state index is 6.12. The Morgan fingerprint density at radius 2 is 2.22 bits per heavy atom. The van der Waals surface area contributed by atoms with Gasteiger partial charge in [-0.3, -0.25) is 0 Å². The number of nitrogens with one attached hydrogen (secondary N) is 1. The molecule has 0 saturated carbocycles. The zero-order valence-corrected chi connectivity index (χ0v) is 15.2. The van der Waals surface area contributed by atoms with Crippen molar-refractivity contribution in [2.45, 2.75) is 11.4 Å². The number of halogens is 1. The third kappa shape index (κ3) is 2.82. The Kier molecular flexibility index (Phi) is 3.96. The van der Waals surface area contributed by atoms with Gasteiger partial charge in [-0.05, 0) is 35.9 Å². The van der Waals surface area contributed by atoms with E-state index < -0.39 is 0 Å². The first kappa shape index (κ1) is 14.9. The first-order chi connectivity index (χ1) is 11.2. The van der Waals surface area contributed by atoms with E-state index in [-0.39, 0.29) is 6.23 Å². The lowest BCUT2D eigenvalue weighted by molar-refractivity contribution is 0.229. The van der Waals surface area contributed by atoms with Gasteiger partial charge in [-0.2, -0.15) is 4.98 Å². The van der Waals surface area contributed by atoms with Crippen molar-refractivity contribution in [3.05, 3.63) is 45.1 Å². The minimum atomic E-state index is -0.303. The number of anilines is 1. The van der Waals surface area contributed by atoms with Crippen LogP contribution in [0.25, 0.3) is 11.3 Å². The molecule has 3 aromatic rings. The maximum absolute atomic E-state index is 6.12. The van der Waals surface area contributed by atoms with Crippen LogP contribution >= 0.6 is 39.0 Å². The van der Waals surface area contributed by atoms with Gasteiger partial charge in [-0.15, -0.1) is 21.5 Å². The summed E-state index contributed by atoms with van der Waals surface area (Å²) >= 11 is 6.59. The molecule has 0 saturated heterocycles. The van der Waals surface area contributed by atoms with Crippen molar-refractivity contribution in [3.8, 4) is 17.1 Å². The largest absolute Gasteiger partial charge is 0.447 e. The van der Waals surface area contributed by atoms with Crippen LogP contribution in [0.4, 0.5) is 5.69 Å². The normalized spacial score (nSPS) is 15.8. The molecular formula is C15H11BrN4OS2. The van der Waals surface area contributed by atoms with Crippen LogP contribution in [0, 0.1) is 0 Å². The third-order valence-corrected chi connectivity index (χ3v) is 5.32. The van der Waals surface area contributed by atoms with Crippen LogP contribution in [0.3, 0.4) is 0 Å². The van der Waals surface area contributed by atoms with Crippen LogP contribution in [0.1, 0.15) is 11.1 Å². The lowest BCUT2D eigenvalue weighted by Gasteiger charge is -2.17. The van der Waals surface area contributed by atoms with E-state index >= 15 is 0 Å². The highest BCUT2D eigenvalue weighted by Gasteiger charge is 2.26. The molecule has 23 heavy (non-hydrogen) atoms. The Balaban J connectivity index is 1.90. The first-order valence-electron chi connectivity index (χ1n) is 6.80. The summed E-state index contributed by atoms with van der Waals surface area (Å²) in [5.41, 5.74) is 2.50. The summed E-state index contributed by atoms with van der Waals surface area (Å²) in [6.45, 7) is 0. The molecule has 0 bridgehead atoms. The molecule has 1 aromatic carbocycles.